The minimum absolute atomic E-state index is 0.144. The molecule has 17 heavy (non-hydrogen) atoms. The molecule has 1 unspecified atom stereocenters. The lowest BCUT2D eigenvalue weighted by Gasteiger charge is -2.19. The lowest BCUT2D eigenvalue weighted by atomic mass is 10.2. The van der Waals surface area contributed by atoms with Crippen LogP contribution in [0.5, 0.6) is 0 Å². The number of aliphatic hydroxyl groups is 1. The Labute approximate surface area is 105 Å². The highest BCUT2D eigenvalue weighted by Crippen LogP contribution is 2.09. The van der Waals surface area contributed by atoms with Crippen molar-refractivity contribution >= 4 is 10.8 Å². The minimum atomic E-state index is -0.926. The average molecular weight is 253 g/mol. The van der Waals surface area contributed by atoms with Crippen LogP contribution in [0.3, 0.4) is 0 Å². The summed E-state index contributed by atoms with van der Waals surface area (Å²) in [6, 6.07) is 7.72. The molecule has 0 saturated heterocycles. The van der Waals surface area contributed by atoms with E-state index < -0.39 is 10.8 Å². The summed E-state index contributed by atoms with van der Waals surface area (Å²) in [5, 5.41) is 8.94. The van der Waals surface area contributed by atoms with Gasteiger partial charge in [0.05, 0.1) is 6.61 Å². The molecule has 0 aliphatic carbocycles. The first kappa shape index (κ1) is 14.1. The number of aliphatic hydroxyl groups excluding tert-OH is 1. The van der Waals surface area contributed by atoms with E-state index in [0.717, 1.165) is 23.5 Å². The fourth-order valence-corrected chi connectivity index (χ4v) is 2.12. The second-order valence-electron chi connectivity index (χ2n) is 3.85. The van der Waals surface area contributed by atoms with E-state index in [-0.39, 0.29) is 6.61 Å². The van der Waals surface area contributed by atoms with Crippen molar-refractivity contribution in [3.05, 3.63) is 42.5 Å². The third kappa shape index (κ3) is 4.81. The molecule has 0 bridgehead atoms. The Bertz CT molecular complexity index is 376. The summed E-state index contributed by atoms with van der Waals surface area (Å²) in [5.41, 5.74) is 1.15. The van der Waals surface area contributed by atoms with E-state index in [0.29, 0.717) is 6.54 Å². The van der Waals surface area contributed by atoms with Crippen LogP contribution >= 0.6 is 0 Å². The van der Waals surface area contributed by atoms with Gasteiger partial charge in [0, 0.05) is 41.6 Å². The summed E-state index contributed by atoms with van der Waals surface area (Å²) in [5.74, 6) is 0. The summed E-state index contributed by atoms with van der Waals surface area (Å²) >= 11 is 0. The van der Waals surface area contributed by atoms with Gasteiger partial charge in [-0.3, -0.25) is 9.11 Å². The fraction of sp³-hybridized carbons (Fsp3) is 0.385. The van der Waals surface area contributed by atoms with Gasteiger partial charge in [0.25, 0.3) is 0 Å². The van der Waals surface area contributed by atoms with Crippen molar-refractivity contribution in [3.63, 3.8) is 0 Å². The maximum atomic E-state index is 11.2. The van der Waals surface area contributed by atoms with Gasteiger partial charge in [-0.05, 0) is 17.7 Å². The molecule has 1 aromatic carbocycles. The van der Waals surface area contributed by atoms with E-state index in [1.54, 1.807) is 6.26 Å². The summed E-state index contributed by atoms with van der Waals surface area (Å²) in [7, 11) is -0.926. The molecule has 3 nitrogen and oxygen atoms in total. The van der Waals surface area contributed by atoms with Crippen LogP contribution in [0.2, 0.25) is 0 Å². The van der Waals surface area contributed by atoms with E-state index in [9.17, 15) is 4.21 Å². The molecule has 0 aliphatic heterocycles. The van der Waals surface area contributed by atoms with Gasteiger partial charge in [0.1, 0.15) is 0 Å². The molecule has 0 radical (unpaired) electrons. The van der Waals surface area contributed by atoms with Crippen LogP contribution in [0.25, 0.3) is 0 Å². The molecular formula is C13H19NO2S. The molecule has 0 fully saturated rings. The highest BCUT2D eigenvalue weighted by molar-refractivity contribution is 7.84. The van der Waals surface area contributed by atoms with Crippen LogP contribution in [0, 0.1) is 0 Å². The Hall–Kier alpha value is -0.970. The summed E-state index contributed by atoms with van der Waals surface area (Å²) in [6.45, 7) is 5.99. The van der Waals surface area contributed by atoms with Gasteiger partial charge in [0.15, 0.2) is 0 Å². The molecule has 4 heteroatoms. The van der Waals surface area contributed by atoms with Gasteiger partial charge in [-0.15, -0.1) is 6.58 Å². The molecule has 1 rings (SSSR count). The summed E-state index contributed by atoms with van der Waals surface area (Å²) in [4.78, 5) is 2.94. The first-order chi connectivity index (χ1) is 8.17. The number of nitrogens with zero attached hydrogens (tertiary/aromatic N) is 1. The molecule has 1 N–H and O–H groups in total. The van der Waals surface area contributed by atoms with E-state index in [1.807, 2.05) is 30.3 Å². The van der Waals surface area contributed by atoms with Gasteiger partial charge in [0.2, 0.25) is 0 Å². The molecule has 0 saturated carbocycles. The van der Waals surface area contributed by atoms with Crippen molar-refractivity contribution in [2.24, 2.45) is 0 Å². The van der Waals surface area contributed by atoms with Gasteiger partial charge in [-0.25, -0.2) is 0 Å². The molecule has 0 aliphatic rings. The van der Waals surface area contributed by atoms with Gasteiger partial charge in [-0.2, -0.15) is 0 Å². The normalized spacial score (nSPS) is 12.6. The number of hydrogen-bond donors (Lipinski definition) is 1. The fourth-order valence-electron chi connectivity index (χ4n) is 1.60. The van der Waals surface area contributed by atoms with Crippen molar-refractivity contribution in [1.29, 1.82) is 0 Å². The number of hydrogen-bond acceptors (Lipinski definition) is 3. The van der Waals surface area contributed by atoms with Crippen LogP contribution in [0.4, 0.5) is 0 Å². The zero-order chi connectivity index (χ0) is 12.7. The Balaban J connectivity index is 2.65. The topological polar surface area (TPSA) is 40.5 Å². The standard InChI is InChI=1S/C13H19NO2S/c1-3-8-14(9-10-15)11-12-4-6-13(7-5-12)17(2)16/h3-7,15H,1,8-11H2,2H3. The SMILES string of the molecule is C=CCN(CCO)Cc1ccc(S(C)=O)cc1. The zero-order valence-corrected chi connectivity index (χ0v) is 10.9. The largest absolute Gasteiger partial charge is 0.395 e. The summed E-state index contributed by atoms with van der Waals surface area (Å²) < 4.78 is 11.2. The quantitative estimate of drug-likeness (QED) is 0.747. The Morgan fingerprint density at radius 2 is 2.06 bits per heavy atom. The average Bonchev–Trinajstić information content (AvgIpc) is 2.30. The second kappa shape index (κ2) is 7.37. The molecular weight excluding hydrogens is 234 g/mol. The van der Waals surface area contributed by atoms with Gasteiger partial charge < -0.3 is 5.11 Å². The van der Waals surface area contributed by atoms with Crippen molar-refractivity contribution in [2.75, 3.05) is 26.0 Å². The Kier molecular flexibility index (Phi) is 6.11. The van der Waals surface area contributed by atoms with Crippen LogP contribution in [0.15, 0.2) is 41.8 Å². The highest BCUT2D eigenvalue weighted by atomic mass is 32.2. The maximum absolute atomic E-state index is 11.2. The molecule has 0 heterocycles. The molecule has 1 aromatic rings. The van der Waals surface area contributed by atoms with Crippen molar-refractivity contribution in [2.45, 2.75) is 11.4 Å². The lowest BCUT2D eigenvalue weighted by Crippen LogP contribution is -2.26. The second-order valence-corrected chi connectivity index (χ2v) is 5.23. The number of benzene rings is 1. The van der Waals surface area contributed by atoms with E-state index in [2.05, 4.69) is 11.5 Å². The maximum Gasteiger partial charge on any atom is 0.0558 e. The third-order valence-electron chi connectivity index (χ3n) is 2.46. The summed E-state index contributed by atoms with van der Waals surface area (Å²) in [6.07, 6.45) is 3.50. The first-order valence-electron chi connectivity index (χ1n) is 5.54. The van der Waals surface area contributed by atoms with E-state index in [1.165, 1.54) is 0 Å². The number of rotatable bonds is 7. The molecule has 0 amide bonds. The molecule has 0 aromatic heterocycles. The lowest BCUT2D eigenvalue weighted by molar-refractivity contribution is 0.203. The van der Waals surface area contributed by atoms with Crippen LogP contribution in [0.1, 0.15) is 5.56 Å². The van der Waals surface area contributed by atoms with Crippen molar-refractivity contribution < 1.29 is 9.32 Å². The molecule has 0 spiro atoms. The minimum Gasteiger partial charge on any atom is -0.395 e. The van der Waals surface area contributed by atoms with Crippen LogP contribution in [-0.4, -0.2) is 40.2 Å². The zero-order valence-electron chi connectivity index (χ0n) is 10.1. The van der Waals surface area contributed by atoms with Gasteiger partial charge in [-0.1, -0.05) is 18.2 Å². The molecule has 1 atom stereocenters. The van der Waals surface area contributed by atoms with E-state index in [4.69, 9.17) is 5.11 Å². The Morgan fingerprint density at radius 3 is 2.53 bits per heavy atom. The van der Waals surface area contributed by atoms with Gasteiger partial charge >= 0.3 is 0 Å². The molecule has 94 valence electrons. The smallest absolute Gasteiger partial charge is 0.0558 e. The van der Waals surface area contributed by atoms with E-state index >= 15 is 0 Å². The van der Waals surface area contributed by atoms with Crippen molar-refractivity contribution in [1.82, 2.24) is 4.90 Å². The Morgan fingerprint density at radius 1 is 1.41 bits per heavy atom. The monoisotopic (exact) mass is 253 g/mol. The first-order valence-corrected chi connectivity index (χ1v) is 7.09. The van der Waals surface area contributed by atoms with Crippen LogP contribution < -0.4 is 0 Å². The predicted octanol–water partition coefficient (Wildman–Crippen LogP) is 1.40. The van der Waals surface area contributed by atoms with Crippen LogP contribution in [-0.2, 0) is 17.3 Å². The predicted molar refractivity (Wildman–Crippen MR) is 71.3 cm³/mol. The highest BCUT2D eigenvalue weighted by Gasteiger charge is 2.04. The third-order valence-corrected chi connectivity index (χ3v) is 3.40. The van der Waals surface area contributed by atoms with Crippen molar-refractivity contribution in [3.8, 4) is 0 Å².